The Morgan fingerprint density at radius 1 is 1.15 bits per heavy atom. The molecule has 0 aromatic carbocycles. The first-order valence-electron chi connectivity index (χ1n) is 7.27. The van der Waals surface area contributed by atoms with E-state index in [0.29, 0.717) is 0 Å². The van der Waals surface area contributed by atoms with Gasteiger partial charge in [-0.25, -0.2) is 0 Å². The number of methoxy groups -OCH3 is 1. The molecule has 3 atom stereocenters. The Morgan fingerprint density at radius 2 is 1.60 bits per heavy atom. The van der Waals surface area contributed by atoms with E-state index in [1.807, 2.05) is 32.8 Å². The minimum Gasteiger partial charge on any atom is -0.469 e. The molecule has 0 heterocycles. The molecule has 0 rings (SSSR count). The van der Waals surface area contributed by atoms with Crippen LogP contribution in [0, 0.1) is 5.92 Å². The number of nitrogens with zero attached hydrogens (tertiary/aromatic N) is 1. The summed E-state index contributed by atoms with van der Waals surface area (Å²) in [7, 11) is 3.49. The van der Waals surface area contributed by atoms with E-state index in [1.54, 1.807) is 0 Å². The Bertz CT molecular complexity index is 324. The maximum Gasteiger partial charge on any atom is 0.312 e. The van der Waals surface area contributed by atoms with E-state index in [4.69, 9.17) is 9.16 Å². The average Bonchev–Trinajstić information content (AvgIpc) is 2.26. The molecule has 0 aromatic heterocycles. The molecule has 120 valence electrons. The maximum absolute atomic E-state index is 12.1. The van der Waals surface area contributed by atoms with E-state index >= 15 is 0 Å². The van der Waals surface area contributed by atoms with Crippen LogP contribution < -0.4 is 0 Å². The topological polar surface area (TPSA) is 38.8 Å². The summed E-state index contributed by atoms with van der Waals surface area (Å²) >= 11 is 0. The largest absolute Gasteiger partial charge is 0.469 e. The summed E-state index contributed by atoms with van der Waals surface area (Å²) in [6.07, 6.45) is -0.152. The minimum atomic E-state index is -1.90. The van der Waals surface area contributed by atoms with Crippen molar-refractivity contribution in [1.29, 1.82) is 0 Å². The minimum absolute atomic E-state index is 0.0715. The molecule has 4 nitrogen and oxygen atoms in total. The molecule has 0 saturated carbocycles. The zero-order chi connectivity index (χ0) is 16.3. The van der Waals surface area contributed by atoms with Gasteiger partial charge >= 0.3 is 5.97 Å². The van der Waals surface area contributed by atoms with E-state index in [0.717, 1.165) is 0 Å². The van der Waals surface area contributed by atoms with Gasteiger partial charge in [0.1, 0.15) is 0 Å². The van der Waals surface area contributed by atoms with E-state index < -0.39 is 8.32 Å². The van der Waals surface area contributed by atoms with Crippen LogP contribution in [0.2, 0.25) is 18.1 Å². The third-order valence-corrected chi connectivity index (χ3v) is 9.17. The standard InChI is InChI=1S/C15H33NO3Si/c1-11(16(6)7)13(14(17)18-8)12(2)19-20(9,10)15(3,4)5/h11-13H,1-10H3. The maximum atomic E-state index is 12.1. The summed E-state index contributed by atoms with van der Waals surface area (Å²) in [5, 5.41) is 0.128. The van der Waals surface area contributed by atoms with Gasteiger partial charge in [0, 0.05) is 6.04 Å². The fourth-order valence-corrected chi connectivity index (χ4v) is 3.38. The van der Waals surface area contributed by atoms with Crippen molar-refractivity contribution in [1.82, 2.24) is 4.90 Å². The van der Waals surface area contributed by atoms with Crippen molar-refractivity contribution in [3.05, 3.63) is 0 Å². The SMILES string of the molecule is COC(=O)C(C(C)O[Si](C)(C)C(C)(C)C)C(C)N(C)C. The third kappa shape index (κ3) is 4.86. The summed E-state index contributed by atoms with van der Waals surface area (Å²) in [6, 6.07) is 0.0715. The van der Waals surface area contributed by atoms with Crippen LogP contribution in [0.3, 0.4) is 0 Å². The lowest BCUT2D eigenvalue weighted by Crippen LogP contribution is -2.50. The highest BCUT2D eigenvalue weighted by molar-refractivity contribution is 6.74. The predicted octanol–water partition coefficient (Wildman–Crippen LogP) is 3.14. The Hall–Kier alpha value is -0.393. The van der Waals surface area contributed by atoms with E-state index in [2.05, 4.69) is 33.9 Å². The fraction of sp³-hybridized carbons (Fsp3) is 0.933. The quantitative estimate of drug-likeness (QED) is 0.558. The second kappa shape index (κ2) is 7.05. The Kier molecular flexibility index (Phi) is 6.91. The molecular formula is C15H33NO3Si. The normalized spacial score (nSPS) is 17.8. The smallest absolute Gasteiger partial charge is 0.312 e. The van der Waals surface area contributed by atoms with E-state index in [1.165, 1.54) is 7.11 Å². The van der Waals surface area contributed by atoms with Crippen molar-refractivity contribution >= 4 is 14.3 Å². The highest BCUT2D eigenvalue weighted by Gasteiger charge is 2.42. The van der Waals surface area contributed by atoms with Crippen LogP contribution in [0.1, 0.15) is 34.6 Å². The van der Waals surface area contributed by atoms with Gasteiger partial charge in [0.15, 0.2) is 8.32 Å². The molecule has 20 heavy (non-hydrogen) atoms. The van der Waals surface area contributed by atoms with E-state index in [-0.39, 0.29) is 29.1 Å². The Morgan fingerprint density at radius 3 is 1.90 bits per heavy atom. The molecule has 0 radical (unpaired) electrons. The zero-order valence-corrected chi connectivity index (χ0v) is 15.9. The lowest BCUT2D eigenvalue weighted by atomic mass is 9.95. The van der Waals surface area contributed by atoms with Gasteiger partial charge in [-0.2, -0.15) is 0 Å². The molecule has 0 aliphatic heterocycles. The molecule has 0 aliphatic rings. The van der Waals surface area contributed by atoms with Crippen molar-refractivity contribution in [3.8, 4) is 0 Å². The number of rotatable bonds is 6. The first-order valence-corrected chi connectivity index (χ1v) is 10.2. The molecule has 0 N–H and O–H groups in total. The monoisotopic (exact) mass is 303 g/mol. The van der Waals surface area contributed by atoms with Crippen molar-refractivity contribution in [2.75, 3.05) is 21.2 Å². The van der Waals surface area contributed by atoms with Crippen molar-refractivity contribution in [2.24, 2.45) is 5.92 Å². The highest BCUT2D eigenvalue weighted by Crippen LogP contribution is 2.38. The van der Waals surface area contributed by atoms with Gasteiger partial charge in [-0.05, 0) is 46.1 Å². The van der Waals surface area contributed by atoms with Crippen LogP contribution >= 0.6 is 0 Å². The molecule has 0 fully saturated rings. The number of hydrogen-bond donors (Lipinski definition) is 0. The molecule has 0 amide bonds. The molecular weight excluding hydrogens is 270 g/mol. The first kappa shape index (κ1) is 19.6. The Labute approximate surface area is 126 Å². The van der Waals surface area contributed by atoms with Gasteiger partial charge < -0.3 is 14.1 Å². The van der Waals surface area contributed by atoms with Gasteiger partial charge in [0.05, 0.1) is 19.1 Å². The second-order valence-corrected chi connectivity index (χ2v) is 12.1. The number of hydrogen-bond acceptors (Lipinski definition) is 4. The van der Waals surface area contributed by atoms with Crippen LogP contribution in [0.25, 0.3) is 0 Å². The lowest BCUT2D eigenvalue weighted by molar-refractivity contribution is -0.151. The molecule has 0 aliphatic carbocycles. The molecule has 0 saturated heterocycles. The van der Waals surface area contributed by atoms with Gasteiger partial charge in [0.25, 0.3) is 0 Å². The fourth-order valence-electron chi connectivity index (χ4n) is 1.95. The molecule has 0 spiro atoms. The summed E-state index contributed by atoms with van der Waals surface area (Å²) in [5.74, 6) is -0.471. The zero-order valence-electron chi connectivity index (χ0n) is 14.9. The summed E-state index contributed by atoms with van der Waals surface area (Å²) in [6.45, 7) is 15.0. The van der Waals surface area contributed by atoms with Crippen molar-refractivity contribution < 1.29 is 14.0 Å². The number of esters is 1. The predicted molar refractivity (Wildman–Crippen MR) is 86.4 cm³/mol. The lowest BCUT2D eigenvalue weighted by Gasteiger charge is -2.41. The van der Waals surface area contributed by atoms with Crippen LogP contribution in [0.15, 0.2) is 0 Å². The second-order valence-electron chi connectivity index (χ2n) is 7.34. The number of ether oxygens (including phenoxy) is 1. The van der Waals surface area contributed by atoms with Gasteiger partial charge in [-0.3, -0.25) is 4.79 Å². The first-order chi connectivity index (χ1) is 8.85. The van der Waals surface area contributed by atoms with Gasteiger partial charge in [0.2, 0.25) is 0 Å². The average molecular weight is 304 g/mol. The van der Waals surface area contributed by atoms with Crippen LogP contribution in [0.5, 0.6) is 0 Å². The number of carbonyl (C=O) groups is 1. The number of carbonyl (C=O) groups excluding carboxylic acids is 1. The Balaban J connectivity index is 5.17. The van der Waals surface area contributed by atoms with Crippen LogP contribution in [0.4, 0.5) is 0 Å². The molecule has 5 heteroatoms. The highest BCUT2D eigenvalue weighted by atomic mass is 28.4. The van der Waals surface area contributed by atoms with Crippen molar-refractivity contribution in [3.63, 3.8) is 0 Å². The summed E-state index contributed by atoms with van der Waals surface area (Å²) < 4.78 is 11.3. The molecule has 0 aromatic rings. The van der Waals surface area contributed by atoms with Gasteiger partial charge in [-0.1, -0.05) is 20.8 Å². The summed E-state index contributed by atoms with van der Waals surface area (Å²) in [4.78, 5) is 14.2. The van der Waals surface area contributed by atoms with Gasteiger partial charge in [-0.15, -0.1) is 0 Å². The van der Waals surface area contributed by atoms with Crippen LogP contribution in [-0.4, -0.2) is 52.5 Å². The third-order valence-electron chi connectivity index (χ3n) is 4.60. The van der Waals surface area contributed by atoms with Crippen LogP contribution in [-0.2, 0) is 14.0 Å². The molecule has 3 unspecified atom stereocenters. The van der Waals surface area contributed by atoms with E-state index in [9.17, 15) is 4.79 Å². The molecule has 0 bridgehead atoms. The summed E-state index contributed by atoms with van der Waals surface area (Å²) in [5.41, 5.74) is 0. The van der Waals surface area contributed by atoms with Crippen molar-refractivity contribution in [2.45, 2.75) is 64.9 Å².